The van der Waals surface area contributed by atoms with Gasteiger partial charge in [0.1, 0.15) is 23.1 Å². The number of pyridine rings is 1. The average Bonchev–Trinajstić information content (AvgIpc) is 3.25. The Morgan fingerprint density at radius 1 is 1.09 bits per heavy atom. The number of nitrogens with one attached hydrogen (secondary N) is 2. The van der Waals surface area contributed by atoms with Gasteiger partial charge in [-0.2, -0.15) is 0 Å². The van der Waals surface area contributed by atoms with Crippen molar-refractivity contribution in [3.05, 3.63) is 53.7 Å². The second-order valence-corrected chi connectivity index (χ2v) is 8.38. The second-order valence-electron chi connectivity index (χ2n) is 8.38. The molecule has 0 aliphatic carbocycles. The smallest absolute Gasteiger partial charge is 0.191 e. The Hall–Kier alpha value is -2.94. The number of guanidine groups is 1. The van der Waals surface area contributed by atoms with Crippen molar-refractivity contribution in [1.29, 1.82) is 0 Å². The van der Waals surface area contributed by atoms with Gasteiger partial charge < -0.3 is 25.3 Å². The van der Waals surface area contributed by atoms with Crippen molar-refractivity contribution >= 4 is 17.5 Å². The molecule has 2 saturated heterocycles. The summed E-state index contributed by atoms with van der Waals surface area (Å²) in [6, 6.07) is 8.15. The van der Waals surface area contributed by atoms with E-state index in [4.69, 9.17) is 0 Å². The highest BCUT2D eigenvalue weighted by molar-refractivity contribution is 5.80. The van der Waals surface area contributed by atoms with Crippen LogP contribution < -0.4 is 20.4 Å². The molecule has 2 N–H and O–H groups in total. The van der Waals surface area contributed by atoms with Crippen molar-refractivity contribution < 1.29 is 8.78 Å². The Morgan fingerprint density at radius 2 is 1.84 bits per heavy atom. The molecule has 0 bridgehead atoms. The SMILES string of the molecule is CN=C(NCc1ccnc(N2CCN(C)CC2)c1)NC1CCN(c2c(F)cccc2F)C1. The van der Waals surface area contributed by atoms with Crippen LogP contribution in [0.15, 0.2) is 41.5 Å². The number of piperazine rings is 1. The van der Waals surface area contributed by atoms with E-state index in [9.17, 15) is 8.78 Å². The third kappa shape index (κ3) is 5.27. The fourth-order valence-corrected chi connectivity index (χ4v) is 4.23. The number of hydrogen-bond acceptors (Lipinski definition) is 5. The number of aliphatic imine (C=N–C) groups is 1. The minimum absolute atomic E-state index is 0.0490. The van der Waals surface area contributed by atoms with Crippen molar-refractivity contribution in [3.8, 4) is 0 Å². The summed E-state index contributed by atoms with van der Waals surface area (Å²) in [7, 11) is 3.86. The number of benzene rings is 1. The van der Waals surface area contributed by atoms with E-state index in [-0.39, 0.29) is 11.7 Å². The zero-order valence-electron chi connectivity index (χ0n) is 18.7. The Morgan fingerprint density at radius 3 is 2.56 bits per heavy atom. The van der Waals surface area contributed by atoms with E-state index in [1.165, 1.54) is 18.2 Å². The second kappa shape index (κ2) is 10.1. The quantitative estimate of drug-likeness (QED) is 0.545. The van der Waals surface area contributed by atoms with Crippen LogP contribution in [0.2, 0.25) is 0 Å². The van der Waals surface area contributed by atoms with Gasteiger partial charge in [0, 0.05) is 65.1 Å². The van der Waals surface area contributed by atoms with Gasteiger partial charge in [-0.3, -0.25) is 4.99 Å². The molecule has 9 heteroatoms. The van der Waals surface area contributed by atoms with Crippen LogP contribution in [0, 0.1) is 11.6 Å². The molecule has 2 aromatic rings. The van der Waals surface area contributed by atoms with Crippen LogP contribution in [-0.2, 0) is 6.54 Å². The molecule has 0 amide bonds. The highest BCUT2D eigenvalue weighted by Crippen LogP contribution is 2.26. The largest absolute Gasteiger partial charge is 0.365 e. The third-order valence-corrected chi connectivity index (χ3v) is 6.10. The van der Waals surface area contributed by atoms with Gasteiger partial charge >= 0.3 is 0 Å². The highest BCUT2D eigenvalue weighted by atomic mass is 19.1. The van der Waals surface area contributed by atoms with E-state index in [1.807, 2.05) is 12.3 Å². The lowest BCUT2D eigenvalue weighted by molar-refractivity contribution is 0.312. The predicted octanol–water partition coefficient (Wildman–Crippen LogP) is 2.06. The van der Waals surface area contributed by atoms with Gasteiger partial charge in [-0.25, -0.2) is 13.8 Å². The molecule has 0 radical (unpaired) electrons. The summed E-state index contributed by atoms with van der Waals surface area (Å²) in [6.07, 6.45) is 2.62. The summed E-state index contributed by atoms with van der Waals surface area (Å²) in [5, 5.41) is 6.72. The van der Waals surface area contributed by atoms with E-state index in [2.05, 4.69) is 43.5 Å². The standard InChI is InChI=1S/C23H31F2N7/c1-26-23(29-18-7-9-32(16-18)22-19(24)4-3-5-20(22)25)28-15-17-6-8-27-21(14-17)31-12-10-30(2)11-13-31/h3-6,8,14,18H,7,9-13,15-16H2,1-2H3,(H2,26,28,29). The number of para-hydroxylation sites is 1. The molecule has 172 valence electrons. The van der Waals surface area contributed by atoms with Crippen molar-refractivity contribution in [2.75, 3.05) is 63.2 Å². The first-order valence-corrected chi connectivity index (χ1v) is 11.1. The fourth-order valence-electron chi connectivity index (χ4n) is 4.23. The normalized spacial score (nSPS) is 20.0. The van der Waals surface area contributed by atoms with Crippen molar-refractivity contribution in [3.63, 3.8) is 0 Å². The molecule has 32 heavy (non-hydrogen) atoms. The number of hydrogen-bond donors (Lipinski definition) is 2. The summed E-state index contributed by atoms with van der Waals surface area (Å²) in [6.45, 7) is 5.74. The van der Waals surface area contributed by atoms with Crippen LogP contribution in [0.3, 0.4) is 0 Å². The molecule has 2 aliphatic rings. The van der Waals surface area contributed by atoms with Gasteiger partial charge in [0.15, 0.2) is 5.96 Å². The number of rotatable bonds is 5. The van der Waals surface area contributed by atoms with Gasteiger partial charge in [-0.05, 0) is 43.3 Å². The van der Waals surface area contributed by atoms with Crippen LogP contribution in [0.4, 0.5) is 20.3 Å². The fraction of sp³-hybridized carbons (Fsp3) is 0.478. The molecular weight excluding hydrogens is 412 g/mol. The van der Waals surface area contributed by atoms with Gasteiger partial charge in [-0.15, -0.1) is 0 Å². The van der Waals surface area contributed by atoms with Gasteiger partial charge in [0.05, 0.1) is 0 Å². The summed E-state index contributed by atoms with van der Waals surface area (Å²) in [5.41, 5.74) is 1.17. The Labute approximate surface area is 188 Å². The molecule has 7 nitrogen and oxygen atoms in total. The Balaban J connectivity index is 1.31. The molecule has 1 aromatic heterocycles. The lowest BCUT2D eigenvalue weighted by Gasteiger charge is -2.33. The van der Waals surface area contributed by atoms with Crippen molar-refractivity contribution in [2.45, 2.75) is 19.0 Å². The minimum Gasteiger partial charge on any atom is -0.365 e. The zero-order chi connectivity index (χ0) is 22.5. The van der Waals surface area contributed by atoms with Crippen molar-refractivity contribution in [2.24, 2.45) is 4.99 Å². The van der Waals surface area contributed by atoms with Crippen molar-refractivity contribution in [1.82, 2.24) is 20.5 Å². The van der Waals surface area contributed by atoms with E-state index in [0.717, 1.165) is 44.0 Å². The van der Waals surface area contributed by atoms with Crippen LogP contribution in [-0.4, -0.2) is 75.2 Å². The molecule has 0 spiro atoms. The topological polar surface area (TPSA) is 59.0 Å². The molecule has 4 rings (SSSR count). The average molecular weight is 444 g/mol. The summed E-state index contributed by atoms with van der Waals surface area (Å²) in [5.74, 6) is 0.617. The molecule has 2 fully saturated rings. The summed E-state index contributed by atoms with van der Waals surface area (Å²) >= 11 is 0. The maximum Gasteiger partial charge on any atom is 0.191 e. The number of nitrogens with zero attached hydrogens (tertiary/aromatic N) is 5. The lowest BCUT2D eigenvalue weighted by Crippen LogP contribution is -2.45. The van der Waals surface area contributed by atoms with E-state index in [1.54, 1.807) is 11.9 Å². The van der Waals surface area contributed by atoms with Crippen LogP contribution in [0.1, 0.15) is 12.0 Å². The molecule has 0 saturated carbocycles. The number of aromatic nitrogens is 1. The summed E-state index contributed by atoms with van der Waals surface area (Å²) in [4.78, 5) is 15.2. The maximum atomic E-state index is 14.1. The third-order valence-electron chi connectivity index (χ3n) is 6.10. The zero-order valence-corrected chi connectivity index (χ0v) is 18.7. The molecule has 1 aromatic carbocycles. The monoisotopic (exact) mass is 443 g/mol. The number of halogens is 2. The summed E-state index contributed by atoms with van der Waals surface area (Å²) < 4.78 is 28.2. The number of anilines is 2. The highest BCUT2D eigenvalue weighted by Gasteiger charge is 2.27. The van der Waals surface area contributed by atoms with Crippen LogP contribution in [0.5, 0.6) is 0 Å². The Bertz CT molecular complexity index is 923. The molecule has 2 aliphatic heterocycles. The molecular formula is C23H31F2N7. The number of likely N-dealkylation sites (N-methyl/N-ethyl adjacent to an activating group) is 1. The molecule has 3 heterocycles. The van der Waals surface area contributed by atoms with E-state index < -0.39 is 11.6 Å². The first-order chi connectivity index (χ1) is 15.5. The molecule has 1 unspecified atom stereocenters. The van der Waals surface area contributed by atoms with E-state index >= 15 is 0 Å². The predicted molar refractivity (Wildman–Crippen MR) is 124 cm³/mol. The van der Waals surface area contributed by atoms with Crippen LogP contribution >= 0.6 is 0 Å². The van der Waals surface area contributed by atoms with Crippen LogP contribution in [0.25, 0.3) is 0 Å². The minimum atomic E-state index is -0.526. The Kier molecular flexibility index (Phi) is 7.04. The first kappa shape index (κ1) is 22.3. The lowest BCUT2D eigenvalue weighted by atomic mass is 10.2. The van der Waals surface area contributed by atoms with Gasteiger partial charge in [0.25, 0.3) is 0 Å². The molecule has 1 atom stereocenters. The maximum absolute atomic E-state index is 14.1. The van der Waals surface area contributed by atoms with Gasteiger partial charge in [0.2, 0.25) is 0 Å². The van der Waals surface area contributed by atoms with Gasteiger partial charge in [-0.1, -0.05) is 6.07 Å². The first-order valence-electron chi connectivity index (χ1n) is 11.1. The van der Waals surface area contributed by atoms with E-state index in [0.29, 0.717) is 25.6 Å².